The number of aryl methyl sites for hydroxylation is 1. The minimum atomic E-state index is 0.460. The highest BCUT2D eigenvalue weighted by Gasteiger charge is 2.12. The maximum atomic E-state index is 6.12. The summed E-state index contributed by atoms with van der Waals surface area (Å²) in [4.78, 5) is 13.0. The van der Waals surface area contributed by atoms with E-state index in [1.165, 1.54) is 6.33 Å². The van der Waals surface area contributed by atoms with Crippen LogP contribution < -0.4 is 4.74 Å². The summed E-state index contributed by atoms with van der Waals surface area (Å²) in [5, 5.41) is 8.16. The monoisotopic (exact) mass is 370 g/mol. The summed E-state index contributed by atoms with van der Waals surface area (Å²) < 4.78 is 12.7. The molecule has 8 heteroatoms. The van der Waals surface area contributed by atoms with E-state index in [0.29, 0.717) is 29.1 Å². The predicted octanol–water partition coefficient (Wildman–Crippen LogP) is 3.94. The maximum Gasteiger partial charge on any atom is 0.255 e. The third-order valence-electron chi connectivity index (χ3n) is 4.13. The SMILES string of the molecule is Cc1nc(-c2cccc(Oc3cc(-c4ccccc4)nc4ncnn34)c2)no1. The Labute approximate surface area is 159 Å². The van der Waals surface area contributed by atoms with Crippen LogP contribution in [0.4, 0.5) is 0 Å². The van der Waals surface area contributed by atoms with E-state index in [4.69, 9.17) is 9.26 Å². The number of nitrogens with zero attached hydrogens (tertiary/aromatic N) is 6. The largest absolute Gasteiger partial charge is 0.439 e. The molecule has 3 aromatic heterocycles. The molecule has 8 nitrogen and oxygen atoms in total. The molecule has 0 aliphatic rings. The van der Waals surface area contributed by atoms with Gasteiger partial charge in [-0.2, -0.15) is 19.6 Å². The van der Waals surface area contributed by atoms with Crippen molar-refractivity contribution >= 4 is 5.78 Å². The molecule has 28 heavy (non-hydrogen) atoms. The lowest BCUT2D eigenvalue weighted by Gasteiger charge is -2.09. The lowest BCUT2D eigenvalue weighted by atomic mass is 10.1. The molecule has 0 saturated carbocycles. The van der Waals surface area contributed by atoms with Crippen LogP contribution in [-0.2, 0) is 0 Å². The molecule has 0 atom stereocenters. The maximum absolute atomic E-state index is 6.12. The van der Waals surface area contributed by atoms with Gasteiger partial charge in [0.2, 0.25) is 17.6 Å². The smallest absolute Gasteiger partial charge is 0.255 e. The molecule has 136 valence electrons. The van der Waals surface area contributed by atoms with Gasteiger partial charge in [-0.05, 0) is 12.1 Å². The van der Waals surface area contributed by atoms with Crippen LogP contribution in [0.3, 0.4) is 0 Å². The Morgan fingerprint density at radius 3 is 2.61 bits per heavy atom. The minimum Gasteiger partial charge on any atom is -0.439 e. The number of aromatic nitrogens is 6. The quantitative estimate of drug-likeness (QED) is 0.473. The zero-order chi connectivity index (χ0) is 18.9. The van der Waals surface area contributed by atoms with Gasteiger partial charge in [0.1, 0.15) is 12.1 Å². The van der Waals surface area contributed by atoms with Crippen molar-refractivity contribution in [1.29, 1.82) is 0 Å². The molecule has 0 fully saturated rings. The second-order valence-electron chi connectivity index (χ2n) is 6.08. The molecular formula is C20H14N6O2. The first-order chi connectivity index (χ1) is 13.8. The van der Waals surface area contributed by atoms with Gasteiger partial charge >= 0.3 is 0 Å². The summed E-state index contributed by atoms with van der Waals surface area (Å²) >= 11 is 0. The number of benzene rings is 2. The van der Waals surface area contributed by atoms with E-state index in [2.05, 4.69) is 25.2 Å². The van der Waals surface area contributed by atoms with Crippen LogP contribution >= 0.6 is 0 Å². The van der Waals surface area contributed by atoms with E-state index in [1.54, 1.807) is 11.4 Å². The van der Waals surface area contributed by atoms with Crippen molar-refractivity contribution in [1.82, 2.24) is 29.7 Å². The zero-order valence-corrected chi connectivity index (χ0v) is 14.9. The fraction of sp³-hybridized carbons (Fsp3) is 0.0500. The molecule has 0 bridgehead atoms. The average Bonchev–Trinajstić information content (AvgIpc) is 3.38. The summed E-state index contributed by atoms with van der Waals surface area (Å²) in [6, 6.07) is 19.1. The van der Waals surface area contributed by atoms with Gasteiger partial charge in [-0.1, -0.05) is 47.6 Å². The molecule has 3 heterocycles. The van der Waals surface area contributed by atoms with Crippen LogP contribution in [0, 0.1) is 6.92 Å². The zero-order valence-electron chi connectivity index (χ0n) is 14.9. The highest BCUT2D eigenvalue weighted by molar-refractivity contribution is 5.62. The number of rotatable bonds is 4. The molecule has 0 saturated heterocycles. The minimum absolute atomic E-state index is 0.460. The van der Waals surface area contributed by atoms with E-state index in [9.17, 15) is 0 Å². The Bertz CT molecular complexity index is 1260. The number of fused-ring (bicyclic) bond motifs is 1. The fourth-order valence-electron chi connectivity index (χ4n) is 2.85. The van der Waals surface area contributed by atoms with Gasteiger partial charge < -0.3 is 9.26 Å². The van der Waals surface area contributed by atoms with Crippen LogP contribution in [0.1, 0.15) is 5.89 Å². The molecule has 5 aromatic rings. The number of hydrogen-bond acceptors (Lipinski definition) is 7. The standard InChI is InChI=1S/C20H14N6O2/c1-13-23-19(25-28-13)15-8-5-9-16(10-15)27-18-11-17(14-6-3-2-4-7-14)24-20-21-12-22-26(18)20/h2-12H,1H3. The van der Waals surface area contributed by atoms with E-state index in [1.807, 2.05) is 60.7 Å². The lowest BCUT2D eigenvalue weighted by molar-refractivity contribution is 0.394. The third-order valence-corrected chi connectivity index (χ3v) is 4.13. The van der Waals surface area contributed by atoms with Gasteiger partial charge in [0.25, 0.3) is 5.78 Å². The van der Waals surface area contributed by atoms with Crippen molar-refractivity contribution in [3.63, 3.8) is 0 Å². The second-order valence-corrected chi connectivity index (χ2v) is 6.08. The van der Waals surface area contributed by atoms with Crippen LogP contribution in [0.5, 0.6) is 11.6 Å². The van der Waals surface area contributed by atoms with Crippen molar-refractivity contribution in [3.05, 3.63) is 72.9 Å². The topological polar surface area (TPSA) is 91.2 Å². The Kier molecular flexibility index (Phi) is 3.79. The van der Waals surface area contributed by atoms with Crippen LogP contribution in [-0.4, -0.2) is 29.7 Å². The molecule has 0 aliphatic carbocycles. The molecule has 0 amide bonds. The fourth-order valence-corrected chi connectivity index (χ4v) is 2.85. The Balaban J connectivity index is 1.56. The first-order valence-electron chi connectivity index (χ1n) is 8.61. The van der Waals surface area contributed by atoms with E-state index in [0.717, 1.165) is 16.8 Å². The van der Waals surface area contributed by atoms with Gasteiger partial charge in [0, 0.05) is 24.1 Å². The van der Waals surface area contributed by atoms with Gasteiger partial charge in [0.05, 0.1) is 5.69 Å². The number of ether oxygens (including phenoxy) is 1. The first-order valence-corrected chi connectivity index (χ1v) is 8.61. The van der Waals surface area contributed by atoms with Crippen LogP contribution in [0.15, 0.2) is 71.5 Å². The second kappa shape index (κ2) is 6.58. The molecule has 0 unspecified atom stereocenters. The Morgan fingerprint density at radius 2 is 1.79 bits per heavy atom. The molecule has 0 radical (unpaired) electrons. The lowest BCUT2D eigenvalue weighted by Crippen LogP contribution is -1.99. The van der Waals surface area contributed by atoms with E-state index in [-0.39, 0.29) is 0 Å². The molecule has 5 rings (SSSR count). The van der Waals surface area contributed by atoms with Crippen molar-refractivity contribution in [3.8, 4) is 34.3 Å². The highest BCUT2D eigenvalue weighted by Crippen LogP contribution is 2.28. The van der Waals surface area contributed by atoms with Gasteiger partial charge in [0.15, 0.2) is 0 Å². The van der Waals surface area contributed by atoms with Gasteiger partial charge in [-0.25, -0.2) is 4.98 Å². The molecular weight excluding hydrogens is 356 g/mol. The third kappa shape index (κ3) is 2.96. The van der Waals surface area contributed by atoms with Crippen molar-refractivity contribution < 1.29 is 9.26 Å². The first kappa shape index (κ1) is 16.1. The van der Waals surface area contributed by atoms with Crippen molar-refractivity contribution in [2.75, 3.05) is 0 Å². The van der Waals surface area contributed by atoms with Gasteiger partial charge in [-0.3, -0.25) is 0 Å². The predicted molar refractivity (Wildman–Crippen MR) is 101 cm³/mol. The molecule has 0 spiro atoms. The van der Waals surface area contributed by atoms with Gasteiger partial charge in [-0.15, -0.1) is 0 Å². The highest BCUT2D eigenvalue weighted by atomic mass is 16.5. The van der Waals surface area contributed by atoms with E-state index >= 15 is 0 Å². The van der Waals surface area contributed by atoms with Crippen molar-refractivity contribution in [2.24, 2.45) is 0 Å². The summed E-state index contributed by atoms with van der Waals surface area (Å²) in [7, 11) is 0. The summed E-state index contributed by atoms with van der Waals surface area (Å²) in [6.45, 7) is 1.75. The number of hydrogen-bond donors (Lipinski definition) is 0. The average molecular weight is 370 g/mol. The summed E-state index contributed by atoms with van der Waals surface area (Å²) in [5.41, 5.74) is 2.51. The normalized spacial score (nSPS) is 11.0. The Morgan fingerprint density at radius 1 is 0.929 bits per heavy atom. The summed E-state index contributed by atoms with van der Waals surface area (Å²) in [6.07, 6.45) is 1.45. The molecule has 0 aliphatic heterocycles. The summed E-state index contributed by atoms with van der Waals surface area (Å²) in [5.74, 6) is 2.59. The van der Waals surface area contributed by atoms with Crippen LogP contribution in [0.2, 0.25) is 0 Å². The van der Waals surface area contributed by atoms with E-state index < -0.39 is 0 Å². The molecule has 2 aromatic carbocycles. The molecule has 0 N–H and O–H groups in total. The van der Waals surface area contributed by atoms with Crippen LogP contribution in [0.25, 0.3) is 28.4 Å². The van der Waals surface area contributed by atoms with Crippen molar-refractivity contribution in [2.45, 2.75) is 6.92 Å². The Hall–Kier alpha value is -4.07.